The Labute approximate surface area is 164 Å². The molecule has 23 heavy (non-hydrogen) atoms. The predicted octanol–water partition coefficient (Wildman–Crippen LogP) is 7.29. The van der Waals surface area contributed by atoms with E-state index < -0.39 is 0 Å². The Bertz CT molecular complexity index is 440. The SMILES string of the molecule is CCCCC1=[C-]C(C)=C(C)C1.CCCCC1=[C-]C(C)=C(C)C1.[Hf]. The molecule has 1 heteroatoms. The first kappa shape index (κ1) is 22.8. The summed E-state index contributed by atoms with van der Waals surface area (Å²) in [6, 6.07) is 0. The first-order chi connectivity index (χ1) is 10.5. The van der Waals surface area contributed by atoms with Gasteiger partial charge in [0.05, 0.1) is 0 Å². The molecule has 0 aromatic carbocycles. The molecule has 0 aliphatic heterocycles. The quantitative estimate of drug-likeness (QED) is 0.279. The van der Waals surface area contributed by atoms with Gasteiger partial charge in [-0.1, -0.05) is 79.1 Å². The predicted molar refractivity (Wildman–Crippen MR) is 98.5 cm³/mol. The Kier molecular flexibility index (Phi) is 12.1. The molecule has 0 aromatic rings. The molecule has 0 spiro atoms. The number of allylic oxidation sites excluding steroid dienone is 8. The Morgan fingerprint density at radius 1 is 0.696 bits per heavy atom. The van der Waals surface area contributed by atoms with E-state index in [1.54, 1.807) is 0 Å². The summed E-state index contributed by atoms with van der Waals surface area (Å²) in [6.45, 7) is 13.2. The molecule has 0 atom stereocenters. The van der Waals surface area contributed by atoms with Gasteiger partial charge in [-0.15, -0.1) is 13.8 Å². The summed E-state index contributed by atoms with van der Waals surface area (Å²) in [4.78, 5) is 0. The monoisotopic (exact) mass is 478 g/mol. The van der Waals surface area contributed by atoms with Crippen LogP contribution in [0.1, 0.15) is 92.9 Å². The average Bonchev–Trinajstić information content (AvgIpc) is 2.98. The Morgan fingerprint density at radius 2 is 1.04 bits per heavy atom. The molecule has 2 aliphatic carbocycles. The molecule has 0 N–H and O–H groups in total. The van der Waals surface area contributed by atoms with Crippen LogP contribution in [-0.2, 0) is 25.8 Å². The van der Waals surface area contributed by atoms with Gasteiger partial charge >= 0.3 is 0 Å². The van der Waals surface area contributed by atoms with Gasteiger partial charge in [0.1, 0.15) is 0 Å². The van der Waals surface area contributed by atoms with E-state index in [9.17, 15) is 0 Å². The van der Waals surface area contributed by atoms with Crippen molar-refractivity contribution >= 4 is 0 Å². The topological polar surface area (TPSA) is 0 Å². The zero-order chi connectivity index (χ0) is 16.5. The fourth-order valence-electron chi connectivity index (χ4n) is 2.82. The van der Waals surface area contributed by atoms with Gasteiger partial charge in [-0.25, -0.2) is 34.4 Å². The summed E-state index contributed by atoms with van der Waals surface area (Å²) in [7, 11) is 0. The van der Waals surface area contributed by atoms with Crippen molar-refractivity contribution in [2.45, 2.75) is 92.9 Å². The number of unbranched alkanes of at least 4 members (excludes halogenated alkanes) is 2. The summed E-state index contributed by atoms with van der Waals surface area (Å²) >= 11 is 0. The maximum absolute atomic E-state index is 3.43. The van der Waals surface area contributed by atoms with Gasteiger partial charge in [-0.2, -0.15) is 11.1 Å². The zero-order valence-electron chi connectivity index (χ0n) is 16.2. The van der Waals surface area contributed by atoms with Gasteiger partial charge in [0.25, 0.3) is 0 Å². The molecule has 2 aliphatic rings. The van der Waals surface area contributed by atoms with Crippen LogP contribution in [0.15, 0.2) is 33.4 Å². The van der Waals surface area contributed by atoms with Crippen molar-refractivity contribution in [3.05, 3.63) is 45.6 Å². The maximum atomic E-state index is 3.43. The summed E-state index contributed by atoms with van der Waals surface area (Å²) in [5, 5.41) is 0. The molecule has 128 valence electrons. The molecule has 0 bridgehead atoms. The van der Waals surface area contributed by atoms with Crippen molar-refractivity contribution < 1.29 is 25.8 Å². The van der Waals surface area contributed by atoms with Crippen LogP contribution in [0.4, 0.5) is 0 Å². The molecular formula is C22H34Hf-2. The Morgan fingerprint density at radius 3 is 1.26 bits per heavy atom. The van der Waals surface area contributed by atoms with E-state index in [4.69, 9.17) is 0 Å². The molecule has 0 unspecified atom stereocenters. The molecular weight excluding hydrogens is 443 g/mol. The van der Waals surface area contributed by atoms with Gasteiger partial charge in [0.2, 0.25) is 0 Å². The summed E-state index contributed by atoms with van der Waals surface area (Å²) in [6.07, 6.45) is 17.0. The largest absolute Gasteiger partial charge is 0.250 e. The fraction of sp³-hybridized carbons (Fsp3) is 0.636. The van der Waals surface area contributed by atoms with E-state index in [-0.39, 0.29) is 25.8 Å². The number of rotatable bonds is 6. The van der Waals surface area contributed by atoms with E-state index in [1.807, 2.05) is 0 Å². The fourth-order valence-corrected chi connectivity index (χ4v) is 2.82. The second-order valence-electron chi connectivity index (χ2n) is 6.83. The van der Waals surface area contributed by atoms with Crippen molar-refractivity contribution in [2.24, 2.45) is 0 Å². The van der Waals surface area contributed by atoms with E-state index in [0.29, 0.717) is 0 Å². The average molecular weight is 477 g/mol. The molecule has 0 saturated heterocycles. The maximum Gasteiger partial charge on any atom is 0 e. The molecule has 0 radical (unpaired) electrons. The second kappa shape index (κ2) is 12.2. The summed E-state index contributed by atoms with van der Waals surface area (Å²) < 4.78 is 0. The first-order valence-electron chi connectivity index (χ1n) is 9.04. The van der Waals surface area contributed by atoms with Crippen molar-refractivity contribution in [1.29, 1.82) is 0 Å². The third-order valence-corrected chi connectivity index (χ3v) is 4.63. The number of hydrogen-bond donors (Lipinski definition) is 0. The summed E-state index contributed by atoms with van der Waals surface area (Å²) in [5.74, 6) is 0. The molecule has 0 heterocycles. The van der Waals surface area contributed by atoms with E-state index in [0.717, 1.165) is 0 Å². The molecule has 0 fully saturated rings. The minimum absolute atomic E-state index is 0. The van der Waals surface area contributed by atoms with Crippen LogP contribution in [0.25, 0.3) is 0 Å². The van der Waals surface area contributed by atoms with Crippen LogP contribution in [-0.4, -0.2) is 0 Å². The van der Waals surface area contributed by atoms with Gasteiger partial charge in [-0.05, 0) is 0 Å². The molecule has 0 amide bonds. The second-order valence-corrected chi connectivity index (χ2v) is 6.83. The van der Waals surface area contributed by atoms with Crippen molar-refractivity contribution in [2.75, 3.05) is 0 Å². The first-order valence-corrected chi connectivity index (χ1v) is 9.04. The van der Waals surface area contributed by atoms with Gasteiger partial charge in [0.15, 0.2) is 0 Å². The van der Waals surface area contributed by atoms with Crippen LogP contribution in [0.3, 0.4) is 0 Å². The third kappa shape index (κ3) is 8.47. The van der Waals surface area contributed by atoms with Crippen LogP contribution in [0.5, 0.6) is 0 Å². The molecule has 2 rings (SSSR count). The normalized spacial score (nSPS) is 16.8. The van der Waals surface area contributed by atoms with Crippen LogP contribution in [0.2, 0.25) is 0 Å². The Hall–Kier alpha value is -0.170. The summed E-state index contributed by atoms with van der Waals surface area (Å²) in [5.41, 5.74) is 8.79. The van der Waals surface area contributed by atoms with Crippen LogP contribution in [0, 0.1) is 12.2 Å². The van der Waals surface area contributed by atoms with Crippen molar-refractivity contribution in [3.63, 3.8) is 0 Å². The smallest absolute Gasteiger partial charge is 0 e. The minimum Gasteiger partial charge on any atom is -0.250 e. The van der Waals surface area contributed by atoms with Gasteiger partial charge < -0.3 is 0 Å². The molecule has 0 nitrogen and oxygen atoms in total. The minimum atomic E-state index is 0. The third-order valence-electron chi connectivity index (χ3n) is 4.63. The van der Waals surface area contributed by atoms with Crippen LogP contribution >= 0.6 is 0 Å². The zero-order valence-corrected chi connectivity index (χ0v) is 19.7. The van der Waals surface area contributed by atoms with Gasteiger partial charge in [0, 0.05) is 25.8 Å². The van der Waals surface area contributed by atoms with Crippen molar-refractivity contribution in [1.82, 2.24) is 0 Å². The van der Waals surface area contributed by atoms with Crippen molar-refractivity contribution in [3.8, 4) is 0 Å². The number of hydrogen-bond acceptors (Lipinski definition) is 0. The van der Waals surface area contributed by atoms with E-state index in [1.165, 1.54) is 84.8 Å². The van der Waals surface area contributed by atoms with Crippen LogP contribution < -0.4 is 0 Å². The van der Waals surface area contributed by atoms with Gasteiger partial charge in [-0.3, -0.25) is 0 Å². The molecule has 0 saturated carbocycles. The van der Waals surface area contributed by atoms with E-state index >= 15 is 0 Å². The standard InChI is InChI=1S/2C11H17.Hf/c2*1-4-5-6-11-7-9(2)10(3)8-11;/h2*4-7H2,1-3H3;/q2*-1;. The van der Waals surface area contributed by atoms with E-state index in [2.05, 4.69) is 53.7 Å². The molecule has 0 aromatic heterocycles. The Balaban J connectivity index is 0.000000403.